The minimum absolute atomic E-state index is 0.343. The van der Waals surface area contributed by atoms with Crippen molar-refractivity contribution in [1.29, 1.82) is 0 Å². The fourth-order valence-corrected chi connectivity index (χ4v) is 2.25. The van der Waals surface area contributed by atoms with Gasteiger partial charge in [-0.3, -0.25) is 0 Å². The molecule has 22 heavy (non-hydrogen) atoms. The Balaban J connectivity index is 2.15. The Hall–Kier alpha value is -2.53. The van der Waals surface area contributed by atoms with Crippen LogP contribution < -0.4 is 15.8 Å². The van der Waals surface area contributed by atoms with Gasteiger partial charge in [0.1, 0.15) is 5.75 Å². The number of para-hydroxylation sites is 1. The van der Waals surface area contributed by atoms with Gasteiger partial charge in [-0.2, -0.15) is 0 Å². The average Bonchev–Trinajstić information content (AvgIpc) is 2.58. The lowest BCUT2D eigenvalue weighted by molar-refractivity contribution is 0.0600. The van der Waals surface area contributed by atoms with Gasteiger partial charge in [-0.05, 0) is 23.8 Å². The van der Waals surface area contributed by atoms with Gasteiger partial charge in [0.05, 0.1) is 25.5 Å². The van der Waals surface area contributed by atoms with Crippen LogP contribution in [0.1, 0.15) is 21.5 Å². The Kier molecular flexibility index (Phi) is 5.38. The highest BCUT2D eigenvalue weighted by atomic mass is 16.5. The molecule has 2 rings (SSSR count). The summed E-state index contributed by atoms with van der Waals surface area (Å²) in [6, 6.07) is 13.1. The number of ether oxygens (including phenoxy) is 2. The molecular formula is C17H20N2O3. The third-order valence-corrected chi connectivity index (χ3v) is 3.35. The van der Waals surface area contributed by atoms with E-state index >= 15 is 0 Å². The van der Waals surface area contributed by atoms with Crippen LogP contribution in [0, 0.1) is 0 Å². The number of nitrogens with one attached hydrogen (secondary N) is 1. The summed E-state index contributed by atoms with van der Waals surface area (Å²) in [5, 5.41) is 3.31. The molecule has 0 unspecified atom stereocenters. The second-order valence-electron chi connectivity index (χ2n) is 4.75. The normalized spacial score (nSPS) is 10.1. The Morgan fingerprint density at radius 1 is 1.18 bits per heavy atom. The van der Waals surface area contributed by atoms with Crippen molar-refractivity contribution in [3.05, 3.63) is 59.2 Å². The van der Waals surface area contributed by atoms with Crippen LogP contribution in [-0.4, -0.2) is 20.2 Å². The minimum atomic E-state index is -0.343. The molecule has 0 heterocycles. The SMILES string of the molecule is COC(=O)c1cccc(CNc2cccc(CN)c2OC)c1. The minimum Gasteiger partial charge on any atom is -0.494 e. The van der Waals surface area contributed by atoms with E-state index in [1.54, 1.807) is 19.2 Å². The van der Waals surface area contributed by atoms with E-state index in [-0.39, 0.29) is 5.97 Å². The first-order chi connectivity index (χ1) is 10.7. The number of hydrogen-bond donors (Lipinski definition) is 2. The summed E-state index contributed by atoms with van der Waals surface area (Å²) in [5.41, 5.74) is 9.03. The molecule has 0 fully saturated rings. The topological polar surface area (TPSA) is 73.6 Å². The molecule has 0 bridgehead atoms. The summed E-state index contributed by atoms with van der Waals surface area (Å²) in [4.78, 5) is 11.5. The van der Waals surface area contributed by atoms with Crippen molar-refractivity contribution >= 4 is 11.7 Å². The van der Waals surface area contributed by atoms with Gasteiger partial charge < -0.3 is 20.5 Å². The number of methoxy groups -OCH3 is 2. The van der Waals surface area contributed by atoms with Gasteiger partial charge in [-0.1, -0.05) is 24.3 Å². The van der Waals surface area contributed by atoms with Crippen molar-refractivity contribution in [2.45, 2.75) is 13.1 Å². The molecule has 116 valence electrons. The van der Waals surface area contributed by atoms with Crippen molar-refractivity contribution in [2.24, 2.45) is 5.73 Å². The Morgan fingerprint density at radius 2 is 1.95 bits per heavy atom. The third-order valence-electron chi connectivity index (χ3n) is 3.35. The highest BCUT2D eigenvalue weighted by Crippen LogP contribution is 2.28. The highest BCUT2D eigenvalue weighted by Gasteiger charge is 2.09. The maximum atomic E-state index is 11.5. The van der Waals surface area contributed by atoms with Crippen LogP contribution in [0.25, 0.3) is 0 Å². The van der Waals surface area contributed by atoms with Crippen LogP contribution in [0.4, 0.5) is 5.69 Å². The van der Waals surface area contributed by atoms with E-state index in [1.165, 1.54) is 7.11 Å². The summed E-state index contributed by atoms with van der Waals surface area (Å²) >= 11 is 0. The number of hydrogen-bond acceptors (Lipinski definition) is 5. The number of rotatable bonds is 6. The Labute approximate surface area is 130 Å². The second-order valence-corrected chi connectivity index (χ2v) is 4.75. The molecule has 0 aromatic heterocycles. The zero-order valence-corrected chi connectivity index (χ0v) is 12.8. The average molecular weight is 300 g/mol. The van der Waals surface area contributed by atoms with Crippen LogP contribution >= 0.6 is 0 Å². The van der Waals surface area contributed by atoms with Crippen LogP contribution in [0.15, 0.2) is 42.5 Å². The van der Waals surface area contributed by atoms with Gasteiger partial charge in [-0.15, -0.1) is 0 Å². The second kappa shape index (κ2) is 7.47. The summed E-state index contributed by atoms with van der Waals surface area (Å²) in [7, 11) is 2.99. The standard InChI is InChI=1S/C17H20N2O3/c1-21-16-14(10-18)7-4-8-15(16)19-11-12-5-3-6-13(9-12)17(20)22-2/h3-9,19H,10-11,18H2,1-2H3. The summed E-state index contributed by atoms with van der Waals surface area (Å²) in [5.74, 6) is 0.402. The summed E-state index contributed by atoms with van der Waals surface area (Å²) in [6.07, 6.45) is 0. The Bertz CT molecular complexity index is 656. The molecule has 2 aromatic rings. The molecule has 0 spiro atoms. The number of carbonyl (C=O) groups is 1. The molecule has 5 heteroatoms. The van der Waals surface area contributed by atoms with Crippen molar-refractivity contribution in [2.75, 3.05) is 19.5 Å². The maximum absolute atomic E-state index is 11.5. The lowest BCUT2D eigenvalue weighted by Gasteiger charge is -2.14. The van der Waals surface area contributed by atoms with Gasteiger partial charge in [0.25, 0.3) is 0 Å². The van der Waals surface area contributed by atoms with E-state index < -0.39 is 0 Å². The molecular weight excluding hydrogens is 280 g/mol. The molecule has 0 atom stereocenters. The molecule has 0 aliphatic carbocycles. The molecule has 0 amide bonds. The van der Waals surface area contributed by atoms with Crippen LogP contribution in [-0.2, 0) is 17.8 Å². The lowest BCUT2D eigenvalue weighted by Crippen LogP contribution is -2.06. The van der Waals surface area contributed by atoms with Crippen molar-refractivity contribution in [3.63, 3.8) is 0 Å². The maximum Gasteiger partial charge on any atom is 0.337 e. The molecule has 0 aliphatic rings. The number of carbonyl (C=O) groups excluding carboxylic acids is 1. The fraction of sp³-hybridized carbons (Fsp3) is 0.235. The molecule has 0 radical (unpaired) electrons. The molecule has 5 nitrogen and oxygen atoms in total. The first kappa shape index (κ1) is 15.9. The predicted octanol–water partition coefficient (Wildman–Crippen LogP) is 2.55. The number of nitrogens with two attached hydrogens (primary N) is 1. The zero-order valence-electron chi connectivity index (χ0n) is 12.8. The molecule has 0 saturated carbocycles. The first-order valence-corrected chi connectivity index (χ1v) is 6.96. The van der Waals surface area contributed by atoms with Gasteiger partial charge in [0.2, 0.25) is 0 Å². The number of anilines is 1. The lowest BCUT2D eigenvalue weighted by atomic mass is 10.1. The first-order valence-electron chi connectivity index (χ1n) is 6.96. The van der Waals surface area contributed by atoms with E-state index in [9.17, 15) is 4.79 Å². The van der Waals surface area contributed by atoms with Gasteiger partial charge in [0, 0.05) is 18.7 Å². The van der Waals surface area contributed by atoms with Gasteiger partial charge in [-0.25, -0.2) is 4.79 Å². The third kappa shape index (κ3) is 3.56. The molecule has 3 N–H and O–H groups in total. The predicted molar refractivity (Wildman–Crippen MR) is 86.0 cm³/mol. The zero-order chi connectivity index (χ0) is 15.9. The summed E-state index contributed by atoms with van der Waals surface area (Å²) in [6.45, 7) is 0.978. The molecule has 2 aromatic carbocycles. The molecule has 0 saturated heterocycles. The van der Waals surface area contributed by atoms with E-state index in [1.807, 2.05) is 30.3 Å². The van der Waals surface area contributed by atoms with Crippen LogP contribution in [0.3, 0.4) is 0 Å². The largest absolute Gasteiger partial charge is 0.494 e. The van der Waals surface area contributed by atoms with Crippen LogP contribution in [0.5, 0.6) is 5.75 Å². The van der Waals surface area contributed by atoms with E-state index in [2.05, 4.69) is 5.32 Å². The van der Waals surface area contributed by atoms with Crippen LogP contribution in [0.2, 0.25) is 0 Å². The monoisotopic (exact) mass is 300 g/mol. The Morgan fingerprint density at radius 3 is 2.64 bits per heavy atom. The van der Waals surface area contributed by atoms with E-state index in [0.717, 1.165) is 22.6 Å². The summed E-state index contributed by atoms with van der Waals surface area (Å²) < 4.78 is 10.1. The van der Waals surface area contributed by atoms with Crippen molar-refractivity contribution in [3.8, 4) is 5.75 Å². The van der Waals surface area contributed by atoms with Gasteiger partial charge in [0.15, 0.2) is 0 Å². The number of esters is 1. The fourth-order valence-electron chi connectivity index (χ4n) is 2.25. The quantitative estimate of drug-likeness (QED) is 0.802. The van der Waals surface area contributed by atoms with E-state index in [4.69, 9.17) is 15.2 Å². The van der Waals surface area contributed by atoms with Crippen molar-refractivity contribution < 1.29 is 14.3 Å². The van der Waals surface area contributed by atoms with Gasteiger partial charge >= 0.3 is 5.97 Å². The van der Waals surface area contributed by atoms with E-state index in [0.29, 0.717) is 18.7 Å². The smallest absolute Gasteiger partial charge is 0.337 e. The highest BCUT2D eigenvalue weighted by molar-refractivity contribution is 5.89. The van der Waals surface area contributed by atoms with Crippen molar-refractivity contribution in [1.82, 2.24) is 0 Å². The molecule has 0 aliphatic heterocycles. The number of benzene rings is 2.